The van der Waals surface area contributed by atoms with Crippen molar-refractivity contribution < 1.29 is 9.53 Å². The Hall–Kier alpha value is -3.43. The van der Waals surface area contributed by atoms with Gasteiger partial charge in [-0.2, -0.15) is 0 Å². The lowest BCUT2D eigenvalue weighted by molar-refractivity contribution is 0.0600. The van der Waals surface area contributed by atoms with Crippen molar-refractivity contribution in [3.8, 4) is 0 Å². The first-order valence-electron chi connectivity index (χ1n) is 9.44. The van der Waals surface area contributed by atoms with Crippen molar-refractivity contribution in [1.82, 2.24) is 9.97 Å². The number of esters is 1. The fraction of sp³-hybridized carbons (Fsp3) is 0.0833. The second kappa shape index (κ2) is 8.93. The van der Waals surface area contributed by atoms with Crippen LogP contribution in [0.4, 0.5) is 5.69 Å². The van der Waals surface area contributed by atoms with E-state index in [1.165, 1.54) is 7.11 Å². The van der Waals surface area contributed by atoms with Crippen LogP contribution in [0.3, 0.4) is 0 Å². The Morgan fingerprint density at radius 1 is 1.00 bits per heavy atom. The van der Waals surface area contributed by atoms with Crippen molar-refractivity contribution in [3.63, 3.8) is 0 Å². The normalized spacial score (nSPS) is 11.5. The van der Waals surface area contributed by atoms with Crippen molar-refractivity contribution in [2.24, 2.45) is 4.99 Å². The third kappa shape index (κ3) is 4.58. The molecule has 0 bridgehead atoms. The number of carbonyl (C=O) groups excluding carboxylic acids is 1. The Labute approximate surface area is 177 Å². The van der Waals surface area contributed by atoms with E-state index >= 15 is 0 Å². The standard InChI is InChI=1S/C24H20N3O2P/c1-29-24(28)18-9-10-25-20(13-18)12-16-7-8-22-19(11-16)14-21(15-26-22)27-23(30)17-5-3-2-4-6-17/h2-11,13-15H,12,30H2,1H3. The van der Waals surface area contributed by atoms with E-state index < -0.39 is 0 Å². The Morgan fingerprint density at radius 3 is 2.63 bits per heavy atom. The van der Waals surface area contributed by atoms with E-state index in [-0.39, 0.29) is 5.97 Å². The van der Waals surface area contributed by atoms with Crippen LogP contribution in [-0.2, 0) is 11.2 Å². The summed E-state index contributed by atoms with van der Waals surface area (Å²) in [5.41, 5.74) is 5.98. The van der Waals surface area contributed by atoms with Gasteiger partial charge in [-0.25, -0.2) is 9.79 Å². The fourth-order valence-electron chi connectivity index (χ4n) is 3.18. The van der Waals surface area contributed by atoms with Crippen molar-refractivity contribution in [3.05, 3.63) is 102 Å². The van der Waals surface area contributed by atoms with Gasteiger partial charge in [0.05, 0.1) is 35.5 Å². The number of rotatable bonds is 5. The Bertz CT molecular complexity index is 1240. The van der Waals surface area contributed by atoms with Crippen LogP contribution in [0.25, 0.3) is 10.9 Å². The molecule has 1 atom stereocenters. The number of ether oxygens (including phenoxy) is 1. The van der Waals surface area contributed by atoms with E-state index in [0.29, 0.717) is 12.0 Å². The zero-order valence-electron chi connectivity index (χ0n) is 16.4. The van der Waals surface area contributed by atoms with Gasteiger partial charge in [-0.05, 0) is 41.5 Å². The van der Waals surface area contributed by atoms with Gasteiger partial charge in [0.1, 0.15) is 0 Å². The van der Waals surface area contributed by atoms with E-state index in [4.69, 9.17) is 4.74 Å². The Morgan fingerprint density at radius 2 is 1.83 bits per heavy atom. The number of pyridine rings is 2. The fourth-order valence-corrected chi connectivity index (χ4v) is 3.52. The molecule has 5 nitrogen and oxygen atoms in total. The molecular weight excluding hydrogens is 393 g/mol. The van der Waals surface area contributed by atoms with Gasteiger partial charge in [0.2, 0.25) is 0 Å². The summed E-state index contributed by atoms with van der Waals surface area (Å²) >= 11 is 0. The molecule has 2 heterocycles. The molecule has 4 aromatic rings. The predicted octanol–water partition coefficient (Wildman–Crippen LogP) is 4.96. The number of fused-ring (bicyclic) bond motifs is 1. The van der Waals surface area contributed by atoms with E-state index in [1.54, 1.807) is 24.5 Å². The van der Waals surface area contributed by atoms with Gasteiger partial charge in [0.25, 0.3) is 0 Å². The van der Waals surface area contributed by atoms with Gasteiger partial charge >= 0.3 is 5.97 Å². The van der Waals surface area contributed by atoms with Crippen LogP contribution >= 0.6 is 9.24 Å². The zero-order chi connectivity index (χ0) is 20.9. The van der Waals surface area contributed by atoms with Crippen LogP contribution in [0.1, 0.15) is 27.2 Å². The molecule has 4 rings (SSSR count). The first-order chi connectivity index (χ1) is 14.6. The molecule has 0 fully saturated rings. The average molecular weight is 413 g/mol. The molecule has 0 radical (unpaired) electrons. The van der Waals surface area contributed by atoms with E-state index in [0.717, 1.165) is 38.9 Å². The van der Waals surface area contributed by atoms with Crippen molar-refractivity contribution >= 4 is 37.3 Å². The maximum Gasteiger partial charge on any atom is 0.337 e. The number of aromatic nitrogens is 2. The summed E-state index contributed by atoms with van der Waals surface area (Å²) < 4.78 is 4.79. The summed E-state index contributed by atoms with van der Waals surface area (Å²) in [6.45, 7) is 0. The summed E-state index contributed by atoms with van der Waals surface area (Å²) in [5, 5.41) is 1.00. The molecule has 2 aromatic carbocycles. The molecule has 0 aliphatic carbocycles. The SMILES string of the molecule is COC(=O)c1ccnc(Cc2ccc3ncc(N=C(P)c4ccccc4)cc3c2)c1. The van der Waals surface area contributed by atoms with Crippen molar-refractivity contribution in [2.75, 3.05) is 7.11 Å². The second-order valence-electron chi connectivity index (χ2n) is 6.79. The molecule has 148 valence electrons. The van der Waals surface area contributed by atoms with Crippen molar-refractivity contribution in [2.45, 2.75) is 6.42 Å². The molecule has 0 amide bonds. The lowest BCUT2D eigenvalue weighted by atomic mass is 10.0. The van der Waals surface area contributed by atoms with Gasteiger partial charge in [-0.15, -0.1) is 0 Å². The molecule has 0 N–H and O–H groups in total. The third-order valence-corrected chi connectivity index (χ3v) is 5.14. The van der Waals surface area contributed by atoms with Crippen LogP contribution in [0.15, 0.2) is 84.1 Å². The molecule has 6 heteroatoms. The lowest BCUT2D eigenvalue weighted by Crippen LogP contribution is -2.03. The first kappa shape index (κ1) is 19.9. The number of hydrogen-bond acceptors (Lipinski definition) is 5. The summed E-state index contributed by atoms with van der Waals surface area (Å²) in [6.07, 6.45) is 4.00. The number of methoxy groups -OCH3 is 1. The zero-order valence-corrected chi connectivity index (χ0v) is 17.6. The summed E-state index contributed by atoms with van der Waals surface area (Å²) in [7, 11) is 4.06. The highest BCUT2D eigenvalue weighted by atomic mass is 31.0. The number of nitrogens with zero attached hydrogens (tertiary/aromatic N) is 3. The molecule has 0 aliphatic heterocycles. The van der Waals surface area contributed by atoms with Crippen molar-refractivity contribution in [1.29, 1.82) is 0 Å². The first-order valence-corrected chi connectivity index (χ1v) is 10.0. The largest absolute Gasteiger partial charge is 0.465 e. The van der Waals surface area contributed by atoms with Gasteiger partial charge in [-0.1, -0.05) is 45.6 Å². The number of carbonyl (C=O) groups is 1. The summed E-state index contributed by atoms with van der Waals surface area (Å²) in [6, 6.07) is 21.5. The number of hydrogen-bond donors (Lipinski definition) is 0. The van der Waals surface area contributed by atoms with E-state index in [9.17, 15) is 4.79 Å². The molecule has 0 aliphatic rings. The highest BCUT2D eigenvalue weighted by molar-refractivity contribution is 7.42. The van der Waals surface area contributed by atoms with Crippen LogP contribution in [-0.4, -0.2) is 28.5 Å². The van der Waals surface area contributed by atoms with Gasteiger partial charge in [-0.3, -0.25) is 9.97 Å². The molecule has 1 unspecified atom stereocenters. The maximum absolute atomic E-state index is 11.7. The highest BCUT2D eigenvalue weighted by Gasteiger charge is 2.08. The molecule has 0 saturated carbocycles. The smallest absolute Gasteiger partial charge is 0.337 e. The molecule has 0 saturated heterocycles. The lowest BCUT2D eigenvalue weighted by Gasteiger charge is -2.06. The minimum absolute atomic E-state index is 0.365. The third-order valence-electron chi connectivity index (χ3n) is 4.67. The summed E-state index contributed by atoms with van der Waals surface area (Å²) in [4.78, 5) is 25.3. The number of aliphatic imine (C=N–C) groups is 1. The molecule has 0 spiro atoms. The number of benzene rings is 2. The Balaban J connectivity index is 1.62. The topological polar surface area (TPSA) is 64.4 Å². The van der Waals surface area contributed by atoms with Crippen LogP contribution in [0.5, 0.6) is 0 Å². The van der Waals surface area contributed by atoms with E-state index in [1.807, 2.05) is 48.5 Å². The average Bonchev–Trinajstić information content (AvgIpc) is 2.79. The van der Waals surface area contributed by atoms with Crippen LogP contribution in [0.2, 0.25) is 0 Å². The van der Waals surface area contributed by atoms with Gasteiger partial charge in [0.15, 0.2) is 0 Å². The molecular formula is C24H20N3O2P. The molecule has 30 heavy (non-hydrogen) atoms. The summed E-state index contributed by atoms with van der Waals surface area (Å²) in [5.74, 6) is -0.365. The van der Waals surface area contributed by atoms with Crippen LogP contribution in [0, 0.1) is 0 Å². The van der Waals surface area contributed by atoms with Crippen LogP contribution < -0.4 is 0 Å². The molecule has 2 aromatic heterocycles. The highest BCUT2D eigenvalue weighted by Crippen LogP contribution is 2.23. The minimum atomic E-state index is -0.365. The maximum atomic E-state index is 11.7. The predicted molar refractivity (Wildman–Crippen MR) is 122 cm³/mol. The Kier molecular flexibility index (Phi) is 5.92. The van der Waals surface area contributed by atoms with E-state index in [2.05, 4.69) is 30.3 Å². The second-order valence-corrected chi connectivity index (χ2v) is 7.33. The minimum Gasteiger partial charge on any atom is -0.465 e. The van der Waals surface area contributed by atoms with Gasteiger partial charge in [0, 0.05) is 23.7 Å². The van der Waals surface area contributed by atoms with Gasteiger partial charge < -0.3 is 4.74 Å². The monoisotopic (exact) mass is 413 g/mol. The quantitative estimate of drug-likeness (QED) is 0.264.